The van der Waals surface area contributed by atoms with Crippen LogP contribution in [0.25, 0.3) is 0 Å². The van der Waals surface area contributed by atoms with Gasteiger partial charge in [-0.25, -0.2) is 4.98 Å². The van der Waals surface area contributed by atoms with Crippen LogP contribution in [0.3, 0.4) is 0 Å². The highest BCUT2D eigenvalue weighted by Gasteiger charge is 2.20. The molecule has 0 saturated carbocycles. The van der Waals surface area contributed by atoms with E-state index in [0.29, 0.717) is 12.0 Å². The molecular formula is C11H16N2OS. The van der Waals surface area contributed by atoms with Crippen molar-refractivity contribution in [1.82, 2.24) is 10.3 Å². The van der Waals surface area contributed by atoms with Gasteiger partial charge < -0.3 is 10.4 Å². The molecule has 1 heterocycles. The molecule has 3 atom stereocenters. The third-order valence-electron chi connectivity index (χ3n) is 2.69. The van der Waals surface area contributed by atoms with Crippen molar-refractivity contribution in [1.29, 1.82) is 0 Å². The Morgan fingerprint density at radius 3 is 3.13 bits per heavy atom. The molecule has 0 aromatic carbocycles. The predicted molar refractivity (Wildman–Crippen MR) is 61.8 cm³/mol. The van der Waals surface area contributed by atoms with Crippen molar-refractivity contribution in [2.45, 2.75) is 25.4 Å². The summed E-state index contributed by atoms with van der Waals surface area (Å²) in [7, 11) is 0. The summed E-state index contributed by atoms with van der Waals surface area (Å²) in [6.07, 6.45) is 7.06. The molecule has 1 aromatic heterocycles. The lowest BCUT2D eigenvalue weighted by Crippen LogP contribution is -2.29. The lowest BCUT2D eigenvalue weighted by molar-refractivity contribution is 0.245. The summed E-state index contributed by atoms with van der Waals surface area (Å²) < 4.78 is 0. The Bertz CT molecular complexity index is 323. The van der Waals surface area contributed by atoms with Crippen LogP contribution in [0.5, 0.6) is 0 Å². The van der Waals surface area contributed by atoms with Crippen LogP contribution in [-0.2, 0) is 0 Å². The zero-order chi connectivity index (χ0) is 10.7. The van der Waals surface area contributed by atoms with Crippen LogP contribution >= 0.6 is 11.3 Å². The fourth-order valence-electron chi connectivity index (χ4n) is 1.87. The maximum Gasteiger partial charge on any atom is 0.109 e. The summed E-state index contributed by atoms with van der Waals surface area (Å²) in [6, 6.07) is 0.665. The second-order valence-corrected chi connectivity index (χ2v) is 4.85. The van der Waals surface area contributed by atoms with Crippen LogP contribution in [-0.4, -0.2) is 22.7 Å². The van der Waals surface area contributed by atoms with Gasteiger partial charge in [0.1, 0.15) is 5.01 Å². The molecule has 0 fully saturated rings. The molecule has 2 rings (SSSR count). The number of aliphatic hydroxyl groups is 1. The van der Waals surface area contributed by atoms with Gasteiger partial charge in [-0.15, -0.1) is 11.3 Å². The smallest absolute Gasteiger partial charge is 0.109 e. The minimum absolute atomic E-state index is 0.250. The van der Waals surface area contributed by atoms with Crippen molar-refractivity contribution in [2.24, 2.45) is 5.92 Å². The first-order valence-corrected chi connectivity index (χ1v) is 6.12. The molecule has 0 aliphatic heterocycles. The third-order valence-corrected chi connectivity index (χ3v) is 3.65. The van der Waals surface area contributed by atoms with Gasteiger partial charge in [-0.2, -0.15) is 0 Å². The van der Waals surface area contributed by atoms with E-state index < -0.39 is 0 Å². The second-order valence-electron chi connectivity index (χ2n) is 3.93. The quantitative estimate of drug-likeness (QED) is 0.766. The number of thiazole rings is 1. The standard InChI is InChI=1S/C11H16N2OS/c1-8(11-12-4-5-15-11)13-10-3-2-9(6-10)7-14/h2-5,8-10,13-14H,6-7H2,1H3/t8-,9+,10-/m1/s1. The maximum absolute atomic E-state index is 9.01. The Morgan fingerprint density at radius 2 is 2.53 bits per heavy atom. The van der Waals surface area contributed by atoms with Crippen LogP contribution < -0.4 is 5.32 Å². The Labute approximate surface area is 93.9 Å². The molecule has 0 amide bonds. The van der Waals surface area contributed by atoms with Crippen molar-refractivity contribution in [3.63, 3.8) is 0 Å². The van der Waals surface area contributed by atoms with Gasteiger partial charge in [-0.05, 0) is 13.3 Å². The Morgan fingerprint density at radius 1 is 1.67 bits per heavy atom. The van der Waals surface area contributed by atoms with Gasteiger partial charge in [-0.3, -0.25) is 0 Å². The van der Waals surface area contributed by atoms with Gasteiger partial charge >= 0.3 is 0 Å². The van der Waals surface area contributed by atoms with Gasteiger partial charge in [-0.1, -0.05) is 12.2 Å². The highest BCUT2D eigenvalue weighted by atomic mass is 32.1. The van der Waals surface area contributed by atoms with E-state index in [-0.39, 0.29) is 12.6 Å². The molecule has 1 aliphatic rings. The predicted octanol–water partition coefficient (Wildman–Crippen LogP) is 1.73. The zero-order valence-corrected chi connectivity index (χ0v) is 9.57. The molecule has 15 heavy (non-hydrogen) atoms. The number of hydrogen-bond donors (Lipinski definition) is 2. The molecule has 0 radical (unpaired) electrons. The van der Waals surface area contributed by atoms with Crippen LogP contribution in [0.1, 0.15) is 24.4 Å². The zero-order valence-electron chi connectivity index (χ0n) is 8.76. The Hall–Kier alpha value is -0.710. The van der Waals surface area contributed by atoms with Crippen molar-refractivity contribution in [3.05, 3.63) is 28.7 Å². The van der Waals surface area contributed by atoms with E-state index in [9.17, 15) is 0 Å². The number of nitrogens with one attached hydrogen (secondary N) is 1. The van der Waals surface area contributed by atoms with E-state index in [1.54, 1.807) is 11.3 Å². The van der Waals surface area contributed by atoms with Crippen molar-refractivity contribution in [2.75, 3.05) is 6.61 Å². The van der Waals surface area contributed by atoms with E-state index >= 15 is 0 Å². The molecular weight excluding hydrogens is 208 g/mol. The molecule has 0 unspecified atom stereocenters. The minimum Gasteiger partial charge on any atom is -0.396 e. The number of nitrogens with zero attached hydrogens (tertiary/aromatic N) is 1. The Balaban J connectivity index is 1.86. The van der Waals surface area contributed by atoms with E-state index in [0.717, 1.165) is 11.4 Å². The second kappa shape index (κ2) is 4.88. The SMILES string of the molecule is C[C@@H](N[C@@H]1C=C[C@H](CO)C1)c1nccs1. The largest absolute Gasteiger partial charge is 0.396 e. The van der Waals surface area contributed by atoms with Gasteiger partial charge in [0.2, 0.25) is 0 Å². The van der Waals surface area contributed by atoms with Crippen molar-refractivity contribution >= 4 is 11.3 Å². The van der Waals surface area contributed by atoms with Gasteiger partial charge in [0, 0.05) is 30.1 Å². The van der Waals surface area contributed by atoms with E-state index in [4.69, 9.17) is 5.11 Å². The normalized spacial score (nSPS) is 27.1. The number of rotatable bonds is 4. The molecule has 82 valence electrons. The monoisotopic (exact) mass is 224 g/mol. The first kappa shape index (κ1) is 10.8. The van der Waals surface area contributed by atoms with Crippen LogP contribution in [0.15, 0.2) is 23.7 Å². The molecule has 1 aromatic rings. The van der Waals surface area contributed by atoms with Crippen LogP contribution in [0, 0.1) is 5.92 Å². The van der Waals surface area contributed by atoms with E-state index in [2.05, 4.69) is 29.4 Å². The first-order chi connectivity index (χ1) is 7.29. The summed E-state index contributed by atoms with van der Waals surface area (Å²) in [5, 5.41) is 15.6. The summed E-state index contributed by atoms with van der Waals surface area (Å²) in [5.74, 6) is 0.325. The fraction of sp³-hybridized carbons (Fsp3) is 0.545. The molecule has 3 nitrogen and oxygen atoms in total. The summed E-state index contributed by atoms with van der Waals surface area (Å²) in [5.41, 5.74) is 0. The van der Waals surface area contributed by atoms with Crippen LogP contribution in [0.4, 0.5) is 0 Å². The molecule has 0 bridgehead atoms. The van der Waals surface area contributed by atoms with Gasteiger partial charge in [0.05, 0.1) is 6.04 Å². The highest BCUT2D eigenvalue weighted by molar-refractivity contribution is 7.09. The third kappa shape index (κ3) is 2.65. The lowest BCUT2D eigenvalue weighted by atomic mass is 10.1. The van der Waals surface area contributed by atoms with Crippen molar-refractivity contribution < 1.29 is 5.11 Å². The van der Waals surface area contributed by atoms with E-state index in [1.165, 1.54) is 0 Å². The molecule has 0 spiro atoms. The van der Waals surface area contributed by atoms with E-state index in [1.807, 2.05) is 11.6 Å². The minimum atomic E-state index is 0.250. The lowest BCUT2D eigenvalue weighted by Gasteiger charge is -2.17. The first-order valence-electron chi connectivity index (χ1n) is 5.24. The number of aromatic nitrogens is 1. The maximum atomic E-state index is 9.01. The topological polar surface area (TPSA) is 45.1 Å². The number of hydrogen-bond acceptors (Lipinski definition) is 4. The van der Waals surface area contributed by atoms with Gasteiger partial charge in [0.25, 0.3) is 0 Å². The molecule has 1 aliphatic carbocycles. The highest BCUT2D eigenvalue weighted by Crippen LogP contribution is 2.21. The average Bonchev–Trinajstić information content (AvgIpc) is 2.87. The molecule has 2 N–H and O–H groups in total. The van der Waals surface area contributed by atoms with Crippen molar-refractivity contribution in [3.8, 4) is 0 Å². The van der Waals surface area contributed by atoms with Crippen LogP contribution in [0.2, 0.25) is 0 Å². The number of aliphatic hydroxyl groups excluding tert-OH is 1. The summed E-state index contributed by atoms with van der Waals surface area (Å²) in [4.78, 5) is 4.28. The Kier molecular flexibility index (Phi) is 3.51. The summed E-state index contributed by atoms with van der Waals surface area (Å²) >= 11 is 1.67. The fourth-order valence-corrected chi connectivity index (χ4v) is 2.53. The molecule has 0 saturated heterocycles. The van der Waals surface area contributed by atoms with Gasteiger partial charge in [0.15, 0.2) is 0 Å². The summed E-state index contributed by atoms with van der Waals surface area (Å²) in [6.45, 7) is 2.37. The molecule has 4 heteroatoms. The average molecular weight is 224 g/mol.